The highest BCUT2D eigenvalue weighted by atomic mass is 16.5. The van der Waals surface area contributed by atoms with E-state index in [2.05, 4.69) is 11.4 Å². The zero-order valence-corrected chi connectivity index (χ0v) is 19.4. The molecule has 33 heavy (non-hydrogen) atoms. The van der Waals surface area contributed by atoms with Crippen molar-refractivity contribution >= 4 is 23.1 Å². The highest BCUT2D eigenvalue weighted by molar-refractivity contribution is 6.36. The van der Waals surface area contributed by atoms with E-state index < -0.39 is 0 Å². The van der Waals surface area contributed by atoms with Gasteiger partial charge in [-0.25, -0.2) is 0 Å². The summed E-state index contributed by atoms with van der Waals surface area (Å²) in [4.78, 5) is 27.9. The second kappa shape index (κ2) is 9.33. The van der Waals surface area contributed by atoms with Gasteiger partial charge in [0.25, 0.3) is 11.8 Å². The quantitative estimate of drug-likeness (QED) is 0.514. The Morgan fingerprint density at radius 1 is 0.727 bits per heavy atom. The molecular formula is C28H28N2O3. The Labute approximate surface area is 194 Å². The summed E-state index contributed by atoms with van der Waals surface area (Å²) in [7, 11) is 0. The highest BCUT2D eigenvalue weighted by Crippen LogP contribution is 2.30. The van der Waals surface area contributed by atoms with Crippen LogP contribution in [-0.4, -0.2) is 29.9 Å². The molecule has 0 fully saturated rings. The summed E-state index contributed by atoms with van der Waals surface area (Å²) in [5.74, 6) is 0.0685. The molecule has 1 N–H and O–H groups in total. The molecule has 1 aliphatic rings. The van der Waals surface area contributed by atoms with Crippen molar-refractivity contribution < 1.29 is 14.3 Å². The number of anilines is 1. The van der Waals surface area contributed by atoms with Gasteiger partial charge in [0.05, 0.1) is 12.1 Å². The number of benzene rings is 3. The number of nitrogens with one attached hydrogen (secondary N) is 1. The Balaban J connectivity index is 1.58. The number of carbonyl (C=O) groups excluding carboxylic acids is 2. The summed E-state index contributed by atoms with van der Waals surface area (Å²) in [5.41, 5.74) is 6.56. The first-order valence-corrected chi connectivity index (χ1v) is 11.0. The number of carbonyl (C=O) groups is 2. The molecule has 0 saturated carbocycles. The molecule has 0 spiro atoms. The van der Waals surface area contributed by atoms with Gasteiger partial charge in [-0.2, -0.15) is 0 Å². The van der Waals surface area contributed by atoms with Crippen LogP contribution in [0.4, 0.5) is 5.69 Å². The van der Waals surface area contributed by atoms with Crippen molar-refractivity contribution in [3.05, 3.63) is 100 Å². The molecule has 1 aliphatic heterocycles. The van der Waals surface area contributed by atoms with Crippen molar-refractivity contribution in [2.75, 3.05) is 18.5 Å². The second-order valence-corrected chi connectivity index (χ2v) is 8.54. The minimum absolute atomic E-state index is 0.166. The van der Waals surface area contributed by atoms with Crippen molar-refractivity contribution in [3.8, 4) is 5.75 Å². The third-order valence-corrected chi connectivity index (χ3v) is 5.61. The van der Waals surface area contributed by atoms with Crippen LogP contribution in [0.1, 0.15) is 27.8 Å². The van der Waals surface area contributed by atoms with Crippen LogP contribution >= 0.6 is 0 Å². The van der Waals surface area contributed by atoms with Gasteiger partial charge >= 0.3 is 0 Å². The maximum atomic E-state index is 13.4. The second-order valence-electron chi connectivity index (χ2n) is 8.54. The molecule has 0 aliphatic carbocycles. The average Bonchev–Trinajstić information content (AvgIpc) is 2.99. The number of aryl methyl sites for hydroxylation is 4. The lowest BCUT2D eigenvalue weighted by Gasteiger charge is -2.16. The number of hydrogen-bond acceptors (Lipinski definition) is 4. The number of imide groups is 1. The maximum Gasteiger partial charge on any atom is 0.278 e. The molecule has 5 heteroatoms. The molecule has 168 valence electrons. The molecule has 0 unspecified atom stereocenters. The van der Waals surface area contributed by atoms with Crippen molar-refractivity contribution in [2.45, 2.75) is 27.7 Å². The van der Waals surface area contributed by atoms with Gasteiger partial charge < -0.3 is 10.1 Å². The average molecular weight is 441 g/mol. The van der Waals surface area contributed by atoms with Gasteiger partial charge in [0.2, 0.25) is 0 Å². The summed E-state index contributed by atoms with van der Waals surface area (Å²) in [6.45, 7) is 8.39. The van der Waals surface area contributed by atoms with Crippen LogP contribution in [0.15, 0.2) is 72.4 Å². The van der Waals surface area contributed by atoms with Crippen molar-refractivity contribution in [1.82, 2.24) is 4.90 Å². The van der Waals surface area contributed by atoms with Crippen LogP contribution in [0.5, 0.6) is 5.75 Å². The molecule has 0 saturated heterocycles. The van der Waals surface area contributed by atoms with Crippen LogP contribution in [0, 0.1) is 27.7 Å². The van der Waals surface area contributed by atoms with Gasteiger partial charge in [-0.1, -0.05) is 53.6 Å². The van der Waals surface area contributed by atoms with Gasteiger partial charge in [-0.3, -0.25) is 14.5 Å². The molecule has 2 amide bonds. The molecule has 3 aromatic carbocycles. The van der Waals surface area contributed by atoms with Crippen LogP contribution < -0.4 is 10.1 Å². The number of ether oxygens (including phenoxy) is 1. The topological polar surface area (TPSA) is 58.6 Å². The molecule has 0 aromatic heterocycles. The van der Waals surface area contributed by atoms with E-state index in [9.17, 15) is 9.59 Å². The predicted octanol–water partition coefficient (Wildman–Crippen LogP) is 5.19. The van der Waals surface area contributed by atoms with Crippen LogP contribution in [-0.2, 0) is 9.59 Å². The van der Waals surface area contributed by atoms with E-state index in [1.165, 1.54) is 4.90 Å². The summed E-state index contributed by atoms with van der Waals surface area (Å²) in [6.07, 6.45) is 0. The lowest BCUT2D eigenvalue weighted by molar-refractivity contribution is -0.137. The SMILES string of the molecule is Cc1ccc(NC2=C(c3ccc(C)cc3)C(=O)N(CCOc3cc(C)cc(C)c3)C2=O)cc1. The Bertz CT molecular complexity index is 1200. The summed E-state index contributed by atoms with van der Waals surface area (Å²) in [6, 6.07) is 21.3. The molecule has 0 radical (unpaired) electrons. The highest BCUT2D eigenvalue weighted by Gasteiger charge is 2.39. The maximum absolute atomic E-state index is 13.4. The Morgan fingerprint density at radius 3 is 1.91 bits per heavy atom. The first-order chi connectivity index (χ1) is 15.8. The van der Waals surface area contributed by atoms with Gasteiger partial charge in [-0.05, 0) is 68.7 Å². The van der Waals surface area contributed by atoms with Crippen molar-refractivity contribution in [1.29, 1.82) is 0 Å². The van der Waals surface area contributed by atoms with Gasteiger partial charge in [0.1, 0.15) is 18.1 Å². The minimum Gasteiger partial charge on any atom is -0.492 e. The van der Waals surface area contributed by atoms with Crippen LogP contribution in [0.2, 0.25) is 0 Å². The van der Waals surface area contributed by atoms with Gasteiger partial charge in [-0.15, -0.1) is 0 Å². The molecule has 1 heterocycles. The fraction of sp³-hybridized carbons (Fsp3) is 0.214. The number of nitrogens with zero attached hydrogens (tertiary/aromatic N) is 1. The Morgan fingerprint density at radius 2 is 1.30 bits per heavy atom. The van der Waals surface area contributed by atoms with Crippen LogP contribution in [0.3, 0.4) is 0 Å². The summed E-state index contributed by atoms with van der Waals surface area (Å²) in [5, 5.41) is 3.19. The Kier molecular flexibility index (Phi) is 6.31. The molecule has 0 atom stereocenters. The molecule has 5 nitrogen and oxygen atoms in total. The zero-order chi connectivity index (χ0) is 23.5. The molecule has 0 bridgehead atoms. The largest absolute Gasteiger partial charge is 0.492 e. The fourth-order valence-electron chi connectivity index (χ4n) is 3.94. The first kappa shape index (κ1) is 22.3. The normalized spacial score (nSPS) is 13.6. The first-order valence-electron chi connectivity index (χ1n) is 11.0. The van der Waals surface area contributed by atoms with E-state index in [-0.39, 0.29) is 25.0 Å². The number of amides is 2. The third-order valence-electron chi connectivity index (χ3n) is 5.61. The van der Waals surface area contributed by atoms with E-state index in [0.717, 1.165) is 33.7 Å². The van der Waals surface area contributed by atoms with Gasteiger partial charge in [0, 0.05) is 5.69 Å². The number of rotatable bonds is 7. The minimum atomic E-state index is -0.347. The number of hydrogen-bond donors (Lipinski definition) is 1. The van der Waals surface area contributed by atoms with E-state index in [4.69, 9.17) is 4.74 Å². The predicted molar refractivity (Wildman–Crippen MR) is 131 cm³/mol. The van der Waals surface area contributed by atoms with Crippen molar-refractivity contribution in [2.24, 2.45) is 0 Å². The van der Waals surface area contributed by atoms with Crippen molar-refractivity contribution in [3.63, 3.8) is 0 Å². The molecular weight excluding hydrogens is 412 g/mol. The summed E-state index contributed by atoms with van der Waals surface area (Å²) < 4.78 is 5.86. The van der Waals surface area contributed by atoms with Crippen LogP contribution in [0.25, 0.3) is 5.57 Å². The monoisotopic (exact) mass is 440 g/mol. The van der Waals surface area contributed by atoms with E-state index in [1.54, 1.807) is 0 Å². The van der Waals surface area contributed by atoms with Gasteiger partial charge in [0.15, 0.2) is 0 Å². The van der Waals surface area contributed by atoms with E-state index in [0.29, 0.717) is 16.8 Å². The third kappa shape index (κ3) is 4.98. The molecule has 3 aromatic rings. The molecule has 4 rings (SSSR count). The lowest BCUT2D eigenvalue weighted by atomic mass is 10.0. The van der Waals surface area contributed by atoms with E-state index >= 15 is 0 Å². The fourth-order valence-corrected chi connectivity index (χ4v) is 3.94. The summed E-state index contributed by atoms with van der Waals surface area (Å²) >= 11 is 0. The Hall–Kier alpha value is -3.86. The smallest absolute Gasteiger partial charge is 0.278 e. The zero-order valence-electron chi connectivity index (χ0n) is 19.4. The lowest BCUT2D eigenvalue weighted by Crippen LogP contribution is -2.36. The van der Waals surface area contributed by atoms with E-state index in [1.807, 2.05) is 88.4 Å². The standard InChI is InChI=1S/C28H28N2O3/c1-18-5-9-22(10-6-18)25-26(29-23-11-7-19(2)8-12-23)28(32)30(27(25)31)13-14-33-24-16-20(3)15-21(4)17-24/h5-12,15-17,29H,13-14H2,1-4H3.